The maximum Gasteiger partial charge on any atom is 0.312 e. The second kappa shape index (κ2) is 10.6. The molecule has 0 fully saturated rings. The minimum absolute atomic E-state index is 0.219. The molecule has 0 unspecified atom stereocenters. The van der Waals surface area contributed by atoms with Gasteiger partial charge in [0.2, 0.25) is 0 Å². The topological polar surface area (TPSA) is 77.1 Å². The van der Waals surface area contributed by atoms with Crippen LogP contribution >= 0.6 is 0 Å². The van der Waals surface area contributed by atoms with E-state index in [1.807, 2.05) is 18.2 Å². The van der Waals surface area contributed by atoms with E-state index in [1.54, 1.807) is 27.4 Å². The van der Waals surface area contributed by atoms with Gasteiger partial charge in [-0.1, -0.05) is 18.2 Å². The molecule has 7 nitrogen and oxygen atoms in total. The lowest BCUT2D eigenvalue weighted by molar-refractivity contribution is -0.146. The molecular weight excluding hydrogens is 300 g/mol. The highest BCUT2D eigenvalue weighted by atomic mass is 16.5. The van der Waals surface area contributed by atoms with E-state index < -0.39 is 11.8 Å². The largest absolute Gasteiger partial charge is 0.496 e. The number of hydrogen-bond donors (Lipinski definition) is 1. The Bertz CT molecular complexity index is 499. The number of para-hydroxylation sites is 1. The normalized spacial score (nSPS) is 10.2. The lowest BCUT2D eigenvalue weighted by atomic mass is 10.2. The summed E-state index contributed by atoms with van der Waals surface area (Å²) in [6, 6.07) is 7.31. The zero-order valence-corrected chi connectivity index (χ0v) is 13.8. The molecule has 1 N–H and O–H groups in total. The van der Waals surface area contributed by atoms with Crippen molar-refractivity contribution in [3.63, 3.8) is 0 Å². The second-order valence-corrected chi connectivity index (χ2v) is 4.77. The summed E-state index contributed by atoms with van der Waals surface area (Å²) in [5, 5.41) is 2.61. The van der Waals surface area contributed by atoms with Crippen molar-refractivity contribution in [1.82, 2.24) is 10.2 Å². The average molecular weight is 324 g/mol. The quantitative estimate of drug-likeness (QED) is 0.667. The van der Waals surface area contributed by atoms with Crippen LogP contribution in [0.1, 0.15) is 5.56 Å². The van der Waals surface area contributed by atoms with E-state index in [-0.39, 0.29) is 6.54 Å². The standard InChI is InChI=1S/C16H24N2O5/c1-21-10-8-18(9-11-22-2)16(20)15(19)17-12-13-6-4-5-7-14(13)23-3/h4-7H,8-12H2,1-3H3,(H,17,19). The molecule has 0 aliphatic carbocycles. The Hall–Kier alpha value is -2.12. The van der Waals surface area contributed by atoms with E-state index in [4.69, 9.17) is 14.2 Å². The Morgan fingerprint density at radius 3 is 2.22 bits per heavy atom. The molecule has 0 bridgehead atoms. The van der Waals surface area contributed by atoms with Crippen LogP contribution in [0, 0.1) is 0 Å². The predicted octanol–water partition coefficient (Wildman–Crippen LogP) is 0.433. The summed E-state index contributed by atoms with van der Waals surface area (Å²) in [6.45, 7) is 1.60. The fraction of sp³-hybridized carbons (Fsp3) is 0.500. The number of methoxy groups -OCH3 is 3. The summed E-state index contributed by atoms with van der Waals surface area (Å²) in [6.07, 6.45) is 0. The van der Waals surface area contributed by atoms with Gasteiger partial charge < -0.3 is 24.4 Å². The van der Waals surface area contributed by atoms with Crippen molar-refractivity contribution in [3.8, 4) is 5.75 Å². The zero-order valence-electron chi connectivity index (χ0n) is 13.8. The maximum atomic E-state index is 12.2. The van der Waals surface area contributed by atoms with E-state index in [0.717, 1.165) is 5.56 Å². The van der Waals surface area contributed by atoms with Crippen molar-refractivity contribution < 1.29 is 23.8 Å². The van der Waals surface area contributed by atoms with Gasteiger partial charge in [0, 0.05) is 39.4 Å². The SMILES string of the molecule is COCCN(CCOC)C(=O)C(=O)NCc1ccccc1OC. The third-order valence-corrected chi connectivity index (χ3v) is 3.24. The van der Waals surface area contributed by atoms with E-state index in [0.29, 0.717) is 32.1 Å². The predicted molar refractivity (Wildman–Crippen MR) is 85.2 cm³/mol. The number of benzene rings is 1. The molecule has 1 aromatic carbocycles. The molecule has 1 rings (SSSR count). The highest BCUT2D eigenvalue weighted by molar-refractivity contribution is 6.34. The van der Waals surface area contributed by atoms with Gasteiger partial charge in [-0.2, -0.15) is 0 Å². The molecule has 0 saturated heterocycles. The molecule has 0 heterocycles. The summed E-state index contributed by atoms with van der Waals surface area (Å²) in [5.74, 6) is -0.604. The maximum absolute atomic E-state index is 12.2. The lowest BCUT2D eigenvalue weighted by Gasteiger charge is -2.21. The molecule has 0 atom stereocenters. The Morgan fingerprint density at radius 2 is 1.65 bits per heavy atom. The molecular formula is C16H24N2O5. The summed E-state index contributed by atoms with van der Waals surface area (Å²) >= 11 is 0. The zero-order chi connectivity index (χ0) is 17.1. The van der Waals surface area contributed by atoms with Crippen LogP contribution in [0.2, 0.25) is 0 Å². The fourth-order valence-electron chi connectivity index (χ4n) is 1.96. The first-order valence-corrected chi connectivity index (χ1v) is 7.30. The molecule has 0 aliphatic rings. The van der Waals surface area contributed by atoms with Gasteiger partial charge in [-0.25, -0.2) is 0 Å². The number of amides is 2. The van der Waals surface area contributed by atoms with Crippen LogP contribution < -0.4 is 10.1 Å². The smallest absolute Gasteiger partial charge is 0.312 e. The number of carbonyl (C=O) groups excluding carboxylic acids is 2. The van der Waals surface area contributed by atoms with Crippen LogP contribution in [-0.4, -0.2) is 64.3 Å². The molecule has 7 heteroatoms. The van der Waals surface area contributed by atoms with Crippen LogP contribution in [0.15, 0.2) is 24.3 Å². The second-order valence-electron chi connectivity index (χ2n) is 4.77. The van der Waals surface area contributed by atoms with Gasteiger partial charge >= 0.3 is 11.8 Å². The van der Waals surface area contributed by atoms with Crippen LogP contribution in [-0.2, 0) is 25.6 Å². The van der Waals surface area contributed by atoms with Gasteiger partial charge in [0.15, 0.2) is 0 Å². The molecule has 0 saturated carbocycles. The van der Waals surface area contributed by atoms with Gasteiger partial charge in [-0.05, 0) is 6.07 Å². The van der Waals surface area contributed by atoms with Crippen molar-refractivity contribution in [2.75, 3.05) is 47.6 Å². The highest BCUT2D eigenvalue weighted by Gasteiger charge is 2.21. The third-order valence-electron chi connectivity index (χ3n) is 3.24. The van der Waals surface area contributed by atoms with Crippen molar-refractivity contribution in [3.05, 3.63) is 29.8 Å². The van der Waals surface area contributed by atoms with Crippen molar-refractivity contribution in [2.24, 2.45) is 0 Å². The first-order valence-electron chi connectivity index (χ1n) is 7.30. The first kappa shape index (κ1) is 18.9. The number of nitrogens with one attached hydrogen (secondary N) is 1. The van der Waals surface area contributed by atoms with Gasteiger partial charge in [-0.3, -0.25) is 9.59 Å². The number of ether oxygens (including phenoxy) is 3. The molecule has 1 aromatic rings. The van der Waals surface area contributed by atoms with Crippen LogP contribution in [0.3, 0.4) is 0 Å². The molecule has 0 aromatic heterocycles. The Labute approximate surface area is 136 Å². The lowest BCUT2D eigenvalue weighted by Crippen LogP contribution is -2.45. The number of carbonyl (C=O) groups is 2. The number of nitrogens with zero attached hydrogens (tertiary/aromatic N) is 1. The molecule has 0 radical (unpaired) electrons. The van der Waals surface area contributed by atoms with Gasteiger partial charge in [0.05, 0.1) is 20.3 Å². The summed E-state index contributed by atoms with van der Waals surface area (Å²) < 4.78 is 15.1. The molecule has 2 amide bonds. The van der Waals surface area contributed by atoms with Crippen LogP contribution in [0.5, 0.6) is 5.75 Å². The van der Waals surface area contributed by atoms with Crippen LogP contribution in [0.25, 0.3) is 0 Å². The third kappa shape index (κ3) is 6.25. The van der Waals surface area contributed by atoms with Crippen LogP contribution in [0.4, 0.5) is 0 Å². The Balaban J connectivity index is 2.61. The summed E-state index contributed by atoms with van der Waals surface area (Å²) in [7, 11) is 4.64. The van der Waals surface area contributed by atoms with E-state index in [1.165, 1.54) is 4.90 Å². The fourth-order valence-corrected chi connectivity index (χ4v) is 1.96. The van der Waals surface area contributed by atoms with Gasteiger partial charge in [0.1, 0.15) is 5.75 Å². The van der Waals surface area contributed by atoms with Crippen molar-refractivity contribution >= 4 is 11.8 Å². The molecule has 0 aliphatic heterocycles. The summed E-state index contributed by atoms with van der Waals surface area (Å²) in [4.78, 5) is 25.7. The molecule has 23 heavy (non-hydrogen) atoms. The monoisotopic (exact) mass is 324 g/mol. The number of hydrogen-bond acceptors (Lipinski definition) is 5. The van der Waals surface area contributed by atoms with E-state index >= 15 is 0 Å². The Kier molecular flexibility index (Phi) is 8.71. The average Bonchev–Trinajstić information content (AvgIpc) is 2.59. The Morgan fingerprint density at radius 1 is 1.04 bits per heavy atom. The highest BCUT2D eigenvalue weighted by Crippen LogP contribution is 2.16. The number of rotatable bonds is 9. The van der Waals surface area contributed by atoms with Gasteiger partial charge in [0.25, 0.3) is 0 Å². The van der Waals surface area contributed by atoms with Crippen molar-refractivity contribution in [2.45, 2.75) is 6.54 Å². The molecule has 128 valence electrons. The van der Waals surface area contributed by atoms with E-state index in [9.17, 15) is 9.59 Å². The first-order chi connectivity index (χ1) is 11.1. The van der Waals surface area contributed by atoms with Crippen molar-refractivity contribution in [1.29, 1.82) is 0 Å². The minimum Gasteiger partial charge on any atom is -0.496 e. The summed E-state index contributed by atoms with van der Waals surface area (Å²) in [5.41, 5.74) is 0.802. The minimum atomic E-state index is -0.664. The van der Waals surface area contributed by atoms with Gasteiger partial charge in [-0.15, -0.1) is 0 Å². The van der Waals surface area contributed by atoms with E-state index in [2.05, 4.69) is 5.32 Å². The molecule has 0 spiro atoms.